The predicted molar refractivity (Wildman–Crippen MR) is 104 cm³/mol. The van der Waals surface area contributed by atoms with E-state index in [1.54, 1.807) is 0 Å². The molecule has 1 aromatic carbocycles. The van der Waals surface area contributed by atoms with Gasteiger partial charge in [-0.3, -0.25) is 9.69 Å². The molecule has 5 nitrogen and oxygen atoms in total. The summed E-state index contributed by atoms with van der Waals surface area (Å²) < 4.78 is 5.73. The van der Waals surface area contributed by atoms with Gasteiger partial charge in [0.25, 0.3) is 0 Å². The highest BCUT2D eigenvalue weighted by Crippen LogP contribution is 2.49. The van der Waals surface area contributed by atoms with Gasteiger partial charge < -0.3 is 15.8 Å². The van der Waals surface area contributed by atoms with Gasteiger partial charge in [-0.1, -0.05) is 44.2 Å². The lowest BCUT2D eigenvalue weighted by Gasteiger charge is -2.57. The van der Waals surface area contributed by atoms with Gasteiger partial charge in [0.15, 0.2) is 0 Å². The third kappa shape index (κ3) is 3.53. The number of nitrogens with zero attached hydrogens (tertiary/aromatic N) is 1. The van der Waals surface area contributed by atoms with Crippen LogP contribution in [0.4, 0.5) is 0 Å². The molecule has 1 aromatic rings. The number of likely N-dealkylation sites (tertiary alicyclic amines) is 1. The van der Waals surface area contributed by atoms with Gasteiger partial charge in [-0.25, -0.2) is 0 Å². The van der Waals surface area contributed by atoms with Crippen LogP contribution in [-0.2, 0) is 16.1 Å². The fourth-order valence-electron chi connectivity index (χ4n) is 4.34. The Hall–Kier alpha value is -1.43. The fraction of sp³-hybridized carbons (Fsp3) is 0.667. The quantitative estimate of drug-likeness (QED) is 0.784. The van der Waals surface area contributed by atoms with Crippen molar-refractivity contribution < 1.29 is 9.53 Å². The molecule has 1 saturated heterocycles. The van der Waals surface area contributed by atoms with Crippen molar-refractivity contribution in [1.29, 1.82) is 0 Å². The number of hydrogen-bond donors (Lipinski definition) is 2. The minimum Gasteiger partial charge on any atom is -0.378 e. The van der Waals surface area contributed by atoms with Crippen molar-refractivity contribution in [2.75, 3.05) is 19.7 Å². The van der Waals surface area contributed by atoms with E-state index in [-0.39, 0.29) is 17.4 Å². The van der Waals surface area contributed by atoms with Crippen molar-refractivity contribution in [1.82, 2.24) is 10.2 Å². The number of rotatable bonds is 7. The molecule has 1 amide bonds. The van der Waals surface area contributed by atoms with Gasteiger partial charge in [0, 0.05) is 37.6 Å². The molecule has 0 aromatic heterocycles. The van der Waals surface area contributed by atoms with Crippen molar-refractivity contribution in [2.24, 2.45) is 11.1 Å². The summed E-state index contributed by atoms with van der Waals surface area (Å²) in [7, 11) is 0. The molecule has 1 aliphatic heterocycles. The minimum atomic E-state index is -0.838. The third-order valence-electron chi connectivity index (χ3n) is 6.46. The lowest BCUT2D eigenvalue weighted by atomic mass is 9.54. The van der Waals surface area contributed by atoms with Crippen LogP contribution < -0.4 is 11.1 Å². The standard InChI is InChI=1S/C21H33N3O2/c1-4-26-18-13-21(22,20(18,2)3)19(25)23-14-17-11-8-12-24(17)15-16-9-6-5-7-10-16/h5-7,9-10,17-18H,4,8,11-15,22H2,1-3H3,(H,23,25). The van der Waals surface area contributed by atoms with Crippen LogP contribution in [0.2, 0.25) is 0 Å². The zero-order valence-electron chi connectivity index (χ0n) is 16.3. The van der Waals surface area contributed by atoms with Gasteiger partial charge >= 0.3 is 0 Å². The molecule has 144 valence electrons. The third-order valence-corrected chi connectivity index (χ3v) is 6.46. The fourth-order valence-corrected chi connectivity index (χ4v) is 4.34. The van der Waals surface area contributed by atoms with Gasteiger partial charge in [0.1, 0.15) is 5.54 Å². The number of ether oxygens (including phenoxy) is 1. The molecule has 2 fully saturated rings. The summed E-state index contributed by atoms with van der Waals surface area (Å²) in [6, 6.07) is 10.9. The number of hydrogen-bond acceptors (Lipinski definition) is 4. The number of benzene rings is 1. The van der Waals surface area contributed by atoms with Crippen LogP contribution in [-0.4, -0.2) is 48.2 Å². The Morgan fingerprint density at radius 3 is 2.73 bits per heavy atom. The van der Waals surface area contributed by atoms with E-state index in [0.717, 1.165) is 19.5 Å². The van der Waals surface area contributed by atoms with Crippen molar-refractivity contribution in [3.8, 4) is 0 Å². The number of amides is 1. The number of carbonyl (C=O) groups is 1. The van der Waals surface area contributed by atoms with E-state index in [1.807, 2.05) is 26.8 Å². The van der Waals surface area contributed by atoms with Crippen molar-refractivity contribution in [2.45, 2.75) is 64.3 Å². The van der Waals surface area contributed by atoms with Crippen LogP contribution in [0, 0.1) is 5.41 Å². The van der Waals surface area contributed by atoms with E-state index in [2.05, 4.69) is 34.5 Å². The molecule has 5 heteroatoms. The predicted octanol–water partition coefficient (Wildman–Crippen LogP) is 2.30. The molecule has 26 heavy (non-hydrogen) atoms. The molecule has 1 heterocycles. The Morgan fingerprint density at radius 1 is 1.35 bits per heavy atom. The maximum Gasteiger partial charge on any atom is 0.240 e. The Bertz CT molecular complexity index is 619. The largest absolute Gasteiger partial charge is 0.378 e. The Morgan fingerprint density at radius 2 is 2.08 bits per heavy atom. The first-order valence-electron chi connectivity index (χ1n) is 9.85. The summed E-state index contributed by atoms with van der Waals surface area (Å²) >= 11 is 0. The molecule has 3 rings (SSSR count). The van der Waals surface area contributed by atoms with E-state index < -0.39 is 5.54 Å². The molecular formula is C21H33N3O2. The molecule has 1 aliphatic carbocycles. The van der Waals surface area contributed by atoms with E-state index in [9.17, 15) is 4.79 Å². The SMILES string of the molecule is CCOC1CC(N)(C(=O)NCC2CCCN2Cc2ccccc2)C1(C)C. The molecule has 0 spiro atoms. The van der Waals surface area contributed by atoms with Gasteiger partial charge in [-0.15, -0.1) is 0 Å². The van der Waals surface area contributed by atoms with Gasteiger partial charge in [0.05, 0.1) is 6.10 Å². The van der Waals surface area contributed by atoms with Gasteiger partial charge in [-0.2, -0.15) is 0 Å². The average Bonchev–Trinajstić information content (AvgIpc) is 3.07. The summed E-state index contributed by atoms with van der Waals surface area (Å²) in [4.78, 5) is 15.3. The van der Waals surface area contributed by atoms with Crippen molar-refractivity contribution in [3.05, 3.63) is 35.9 Å². The Balaban J connectivity index is 1.54. The normalized spacial score (nSPS) is 30.8. The van der Waals surface area contributed by atoms with E-state index in [0.29, 0.717) is 25.6 Å². The smallest absolute Gasteiger partial charge is 0.240 e. The summed E-state index contributed by atoms with van der Waals surface area (Å²) in [6.45, 7) is 9.39. The summed E-state index contributed by atoms with van der Waals surface area (Å²) in [5.74, 6) is -0.0370. The first-order chi connectivity index (χ1) is 12.4. The summed E-state index contributed by atoms with van der Waals surface area (Å²) in [5, 5.41) is 3.14. The Labute approximate surface area is 157 Å². The van der Waals surface area contributed by atoms with E-state index in [1.165, 1.54) is 12.0 Å². The molecular weight excluding hydrogens is 326 g/mol. The zero-order chi connectivity index (χ0) is 18.8. The second kappa shape index (κ2) is 7.67. The first-order valence-corrected chi connectivity index (χ1v) is 9.85. The Kier molecular flexibility index (Phi) is 5.70. The molecule has 3 atom stereocenters. The monoisotopic (exact) mass is 359 g/mol. The molecule has 3 unspecified atom stereocenters. The number of nitrogens with two attached hydrogens (primary N) is 1. The van der Waals surface area contributed by atoms with Crippen molar-refractivity contribution >= 4 is 5.91 Å². The van der Waals surface area contributed by atoms with Crippen molar-refractivity contribution in [3.63, 3.8) is 0 Å². The lowest BCUT2D eigenvalue weighted by Crippen LogP contribution is -2.76. The molecule has 1 saturated carbocycles. The van der Waals surface area contributed by atoms with Crippen LogP contribution in [0.1, 0.15) is 45.6 Å². The highest BCUT2D eigenvalue weighted by atomic mass is 16.5. The average molecular weight is 360 g/mol. The minimum absolute atomic E-state index is 0.0370. The van der Waals surface area contributed by atoms with Crippen LogP contribution >= 0.6 is 0 Å². The summed E-state index contributed by atoms with van der Waals surface area (Å²) in [5.41, 5.74) is 6.62. The number of carbonyl (C=O) groups excluding carboxylic acids is 1. The van der Waals surface area contributed by atoms with Crippen LogP contribution in [0.5, 0.6) is 0 Å². The number of nitrogens with one attached hydrogen (secondary N) is 1. The van der Waals surface area contributed by atoms with Crippen LogP contribution in [0.3, 0.4) is 0 Å². The maximum absolute atomic E-state index is 12.8. The summed E-state index contributed by atoms with van der Waals surface area (Å²) in [6.07, 6.45) is 2.96. The van der Waals surface area contributed by atoms with E-state index in [4.69, 9.17) is 10.5 Å². The molecule has 2 aliphatic rings. The topological polar surface area (TPSA) is 67.6 Å². The second-order valence-corrected chi connectivity index (χ2v) is 8.30. The molecule has 3 N–H and O–H groups in total. The van der Waals surface area contributed by atoms with Crippen LogP contribution in [0.15, 0.2) is 30.3 Å². The zero-order valence-corrected chi connectivity index (χ0v) is 16.3. The highest BCUT2D eigenvalue weighted by molar-refractivity contribution is 5.88. The van der Waals surface area contributed by atoms with Gasteiger partial charge in [0.2, 0.25) is 5.91 Å². The molecule has 0 radical (unpaired) electrons. The van der Waals surface area contributed by atoms with Crippen LogP contribution in [0.25, 0.3) is 0 Å². The lowest BCUT2D eigenvalue weighted by molar-refractivity contribution is -0.170. The molecule has 0 bridgehead atoms. The maximum atomic E-state index is 12.8. The van der Waals surface area contributed by atoms with Gasteiger partial charge in [-0.05, 0) is 31.9 Å². The highest BCUT2D eigenvalue weighted by Gasteiger charge is 2.62. The second-order valence-electron chi connectivity index (χ2n) is 8.30. The van der Waals surface area contributed by atoms with E-state index >= 15 is 0 Å². The first kappa shape index (κ1) is 19.3.